The predicted molar refractivity (Wildman–Crippen MR) is 111 cm³/mol. The molecule has 2 aromatic carbocycles. The minimum absolute atomic E-state index is 0.0313. The highest BCUT2D eigenvalue weighted by Crippen LogP contribution is 2.37. The number of imidazole rings is 1. The van der Waals surface area contributed by atoms with Crippen molar-refractivity contribution in [3.05, 3.63) is 54.1 Å². The topological polar surface area (TPSA) is 67.2 Å². The van der Waals surface area contributed by atoms with E-state index in [-0.39, 0.29) is 18.0 Å². The molecule has 1 aliphatic rings. The summed E-state index contributed by atoms with van der Waals surface area (Å²) in [5.41, 5.74) is 0.635. The van der Waals surface area contributed by atoms with Gasteiger partial charge in [0.2, 0.25) is 11.9 Å². The molecule has 4 rings (SSSR count). The first-order valence-electron chi connectivity index (χ1n) is 10.0. The zero-order valence-corrected chi connectivity index (χ0v) is 16.8. The fourth-order valence-corrected chi connectivity index (χ4v) is 3.78. The van der Waals surface area contributed by atoms with Crippen molar-refractivity contribution in [1.29, 1.82) is 0 Å². The van der Waals surface area contributed by atoms with E-state index in [0.29, 0.717) is 12.5 Å². The average Bonchev–Trinajstić information content (AvgIpc) is 3.21. The number of carbonyl (C=O) groups is 2. The molecule has 0 saturated carbocycles. The summed E-state index contributed by atoms with van der Waals surface area (Å²) in [6.07, 6.45) is -3.03. The van der Waals surface area contributed by atoms with Crippen LogP contribution < -0.4 is 10.2 Å². The molecule has 0 aliphatic carbocycles. The van der Waals surface area contributed by atoms with E-state index >= 15 is 0 Å². The van der Waals surface area contributed by atoms with Gasteiger partial charge < -0.3 is 5.32 Å². The van der Waals surface area contributed by atoms with Crippen molar-refractivity contribution in [2.24, 2.45) is 0 Å². The summed E-state index contributed by atoms with van der Waals surface area (Å²) in [6.45, 7) is 2.51. The second-order valence-electron chi connectivity index (χ2n) is 7.46. The van der Waals surface area contributed by atoms with Crippen molar-refractivity contribution in [3.63, 3.8) is 0 Å². The average molecular weight is 430 g/mol. The molecule has 2 amide bonds. The number of unbranched alkanes of at least 4 members (excludes halogenated alkanes) is 1. The molecule has 9 heteroatoms. The van der Waals surface area contributed by atoms with E-state index in [1.165, 1.54) is 12.1 Å². The Morgan fingerprint density at radius 1 is 1.16 bits per heavy atom. The fraction of sp³-hybridized carbons (Fsp3) is 0.318. The Balaban J connectivity index is 1.60. The molecule has 162 valence electrons. The van der Waals surface area contributed by atoms with Crippen LogP contribution in [0.3, 0.4) is 0 Å². The minimum atomic E-state index is -4.51. The molecule has 0 saturated heterocycles. The predicted octanol–water partition coefficient (Wildman–Crippen LogP) is 4.77. The summed E-state index contributed by atoms with van der Waals surface area (Å²) in [4.78, 5) is 31.9. The number of rotatable bonds is 6. The molecule has 2 heterocycles. The summed E-state index contributed by atoms with van der Waals surface area (Å²) >= 11 is 0. The van der Waals surface area contributed by atoms with E-state index in [1.807, 2.05) is 31.2 Å². The van der Waals surface area contributed by atoms with Gasteiger partial charge in [0.1, 0.15) is 6.04 Å². The molecule has 0 bridgehead atoms. The Bertz CT molecular complexity index is 1140. The zero-order chi connectivity index (χ0) is 22.2. The van der Waals surface area contributed by atoms with Gasteiger partial charge in [-0.25, -0.2) is 4.98 Å². The van der Waals surface area contributed by atoms with E-state index in [1.54, 1.807) is 9.47 Å². The molecule has 0 fully saturated rings. The Morgan fingerprint density at radius 2 is 1.94 bits per heavy atom. The molecular weight excluding hydrogens is 409 g/mol. The van der Waals surface area contributed by atoms with Gasteiger partial charge in [-0.15, -0.1) is 0 Å². The first-order valence-corrected chi connectivity index (χ1v) is 10.0. The number of benzene rings is 2. The van der Waals surface area contributed by atoms with E-state index in [0.717, 1.165) is 36.0 Å². The summed E-state index contributed by atoms with van der Waals surface area (Å²) in [5.74, 6) is -0.281. The van der Waals surface area contributed by atoms with Gasteiger partial charge in [-0.2, -0.15) is 13.2 Å². The quantitative estimate of drug-likeness (QED) is 0.613. The second-order valence-corrected chi connectivity index (χ2v) is 7.46. The minimum Gasteiger partial charge on any atom is -0.326 e. The fourth-order valence-electron chi connectivity index (χ4n) is 3.78. The molecule has 31 heavy (non-hydrogen) atoms. The van der Waals surface area contributed by atoms with Gasteiger partial charge in [0.25, 0.3) is 5.91 Å². The highest BCUT2D eigenvalue weighted by atomic mass is 19.4. The highest BCUT2D eigenvalue weighted by Gasteiger charge is 2.40. The normalized spacial score (nSPS) is 16.1. The van der Waals surface area contributed by atoms with Crippen LogP contribution in [0.25, 0.3) is 11.0 Å². The number of halogens is 3. The first-order chi connectivity index (χ1) is 14.8. The Hall–Kier alpha value is -3.36. The van der Waals surface area contributed by atoms with Crippen molar-refractivity contribution in [2.45, 2.75) is 38.4 Å². The number of fused-ring (bicyclic) bond motifs is 3. The van der Waals surface area contributed by atoms with Crippen LogP contribution in [-0.2, 0) is 15.8 Å². The maximum absolute atomic E-state index is 13.1. The third-order valence-corrected chi connectivity index (χ3v) is 5.27. The lowest BCUT2D eigenvalue weighted by atomic mass is 10.1. The van der Waals surface area contributed by atoms with Gasteiger partial charge >= 0.3 is 6.18 Å². The van der Waals surface area contributed by atoms with Crippen LogP contribution in [-0.4, -0.2) is 27.9 Å². The summed E-state index contributed by atoms with van der Waals surface area (Å²) < 4.78 is 40.6. The second kappa shape index (κ2) is 8.05. The number of anilines is 2. The van der Waals surface area contributed by atoms with E-state index in [4.69, 9.17) is 0 Å². The van der Waals surface area contributed by atoms with Gasteiger partial charge in [0.05, 0.1) is 23.0 Å². The van der Waals surface area contributed by atoms with Crippen LogP contribution in [0.15, 0.2) is 48.5 Å². The lowest BCUT2D eigenvalue weighted by Gasteiger charge is -2.16. The van der Waals surface area contributed by atoms with E-state index < -0.39 is 23.7 Å². The smallest absolute Gasteiger partial charge is 0.326 e. The van der Waals surface area contributed by atoms with Crippen molar-refractivity contribution in [3.8, 4) is 0 Å². The van der Waals surface area contributed by atoms with Gasteiger partial charge in [-0.05, 0) is 36.8 Å². The molecular formula is C22H21F3N4O2. The van der Waals surface area contributed by atoms with Gasteiger partial charge in [-0.1, -0.05) is 31.5 Å². The lowest BCUT2D eigenvalue weighted by molar-refractivity contribution is -0.137. The molecule has 0 unspecified atom stereocenters. The van der Waals surface area contributed by atoms with Crippen LogP contribution in [0, 0.1) is 0 Å². The monoisotopic (exact) mass is 430 g/mol. The number of alkyl halides is 3. The Morgan fingerprint density at radius 3 is 2.68 bits per heavy atom. The van der Waals surface area contributed by atoms with Gasteiger partial charge in [0.15, 0.2) is 0 Å². The van der Waals surface area contributed by atoms with Gasteiger partial charge in [-0.3, -0.25) is 19.1 Å². The van der Waals surface area contributed by atoms with Crippen LogP contribution in [0.4, 0.5) is 24.8 Å². The first kappa shape index (κ1) is 20.9. The van der Waals surface area contributed by atoms with Gasteiger partial charge in [0, 0.05) is 12.2 Å². The summed E-state index contributed by atoms with van der Waals surface area (Å²) in [7, 11) is 0. The number of carbonyl (C=O) groups excluding carboxylic acids is 2. The summed E-state index contributed by atoms with van der Waals surface area (Å²) in [6, 6.07) is 11.0. The SMILES string of the molecule is CCCCN1C(=O)[C@@H](CC(=O)Nc2cccc(C(F)(F)F)c2)n2c1nc1ccccc12. The number of amides is 2. The van der Waals surface area contributed by atoms with E-state index in [2.05, 4.69) is 10.3 Å². The van der Waals surface area contributed by atoms with Crippen molar-refractivity contribution < 1.29 is 22.8 Å². The molecule has 0 radical (unpaired) electrons. The van der Waals surface area contributed by atoms with Crippen LogP contribution in [0.5, 0.6) is 0 Å². The molecule has 6 nitrogen and oxygen atoms in total. The molecule has 1 aromatic heterocycles. The zero-order valence-electron chi connectivity index (χ0n) is 16.8. The molecule has 1 atom stereocenters. The third-order valence-electron chi connectivity index (χ3n) is 5.27. The lowest BCUT2D eigenvalue weighted by Crippen LogP contribution is -2.32. The number of hydrogen-bond donors (Lipinski definition) is 1. The maximum Gasteiger partial charge on any atom is 0.416 e. The molecule has 1 N–H and O–H groups in total. The van der Waals surface area contributed by atoms with Crippen molar-refractivity contribution in [1.82, 2.24) is 9.55 Å². The van der Waals surface area contributed by atoms with Crippen molar-refractivity contribution in [2.75, 3.05) is 16.8 Å². The number of nitrogens with zero attached hydrogens (tertiary/aromatic N) is 3. The van der Waals surface area contributed by atoms with Crippen molar-refractivity contribution >= 4 is 34.5 Å². The molecule has 0 spiro atoms. The number of aromatic nitrogens is 2. The molecule has 1 aliphatic heterocycles. The highest BCUT2D eigenvalue weighted by molar-refractivity contribution is 6.05. The van der Waals surface area contributed by atoms with Crippen LogP contribution in [0.1, 0.15) is 37.8 Å². The molecule has 3 aromatic rings. The maximum atomic E-state index is 13.1. The van der Waals surface area contributed by atoms with Crippen LogP contribution >= 0.6 is 0 Å². The Kier molecular flexibility index (Phi) is 5.43. The number of hydrogen-bond acceptors (Lipinski definition) is 3. The summed E-state index contributed by atoms with van der Waals surface area (Å²) in [5, 5.41) is 2.49. The number of para-hydroxylation sites is 2. The largest absolute Gasteiger partial charge is 0.416 e. The Labute approximate surface area is 176 Å². The number of nitrogens with one attached hydrogen (secondary N) is 1. The van der Waals surface area contributed by atoms with E-state index in [9.17, 15) is 22.8 Å². The van der Waals surface area contributed by atoms with Crippen LogP contribution in [0.2, 0.25) is 0 Å². The third kappa shape index (κ3) is 3.99. The standard InChI is InChI=1S/C22H21F3N4O2/c1-2-3-11-28-20(31)18(29-17-10-5-4-9-16(17)27-21(28)29)13-19(30)26-15-8-6-7-14(12-15)22(23,24)25/h4-10,12,18H,2-3,11,13H2,1H3,(H,26,30)/t18-/m1/s1.